The van der Waals surface area contributed by atoms with Gasteiger partial charge in [-0.1, -0.05) is 28.1 Å². The van der Waals surface area contributed by atoms with Crippen molar-refractivity contribution >= 4 is 45.9 Å². The zero-order chi connectivity index (χ0) is 19.2. The van der Waals surface area contributed by atoms with Gasteiger partial charge in [-0.3, -0.25) is 9.89 Å². The van der Waals surface area contributed by atoms with E-state index < -0.39 is 0 Å². The van der Waals surface area contributed by atoms with E-state index in [2.05, 4.69) is 93.6 Å². The number of aliphatic imine (C=N–C) groups is 1. The van der Waals surface area contributed by atoms with Crippen molar-refractivity contribution in [3.63, 3.8) is 0 Å². The highest BCUT2D eigenvalue weighted by Gasteiger charge is 2.23. The van der Waals surface area contributed by atoms with E-state index in [1.54, 1.807) is 0 Å². The Balaban J connectivity index is 0.00000364. The summed E-state index contributed by atoms with van der Waals surface area (Å²) in [5, 5.41) is 7.07. The van der Waals surface area contributed by atoms with Gasteiger partial charge in [-0.15, -0.1) is 24.0 Å². The highest BCUT2D eigenvalue weighted by atomic mass is 127. The molecule has 0 radical (unpaired) electrons. The van der Waals surface area contributed by atoms with Gasteiger partial charge in [0.1, 0.15) is 0 Å². The summed E-state index contributed by atoms with van der Waals surface area (Å²) in [7, 11) is 6.07. The van der Waals surface area contributed by atoms with Crippen molar-refractivity contribution in [3.05, 3.63) is 34.3 Å². The third-order valence-electron chi connectivity index (χ3n) is 5.37. The van der Waals surface area contributed by atoms with Crippen LogP contribution < -0.4 is 10.6 Å². The average molecular weight is 552 g/mol. The fourth-order valence-electron chi connectivity index (χ4n) is 2.93. The minimum atomic E-state index is 0. The van der Waals surface area contributed by atoms with Crippen LogP contribution >= 0.6 is 39.9 Å². The Morgan fingerprint density at radius 1 is 1.22 bits per heavy atom. The monoisotopic (exact) mass is 551 g/mol. The summed E-state index contributed by atoms with van der Waals surface area (Å²) in [4.78, 5) is 9.16. The average Bonchev–Trinajstić information content (AvgIpc) is 2.62. The third-order valence-corrected chi connectivity index (χ3v) is 5.90. The maximum absolute atomic E-state index is 4.40. The predicted molar refractivity (Wildman–Crippen MR) is 130 cm³/mol. The molecular formula is C20H35BrIN5. The number of hydrogen-bond donors (Lipinski definition) is 2. The molecule has 1 fully saturated rings. The molecule has 0 aliphatic carbocycles. The second-order valence-corrected chi connectivity index (χ2v) is 8.87. The molecule has 7 heteroatoms. The number of hydrogen-bond acceptors (Lipinski definition) is 3. The van der Waals surface area contributed by atoms with Crippen molar-refractivity contribution in [1.29, 1.82) is 0 Å². The summed E-state index contributed by atoms with van der Waals surface area (Å²) >= 11 is 3.50. The Hall–Kier alpha value is -0.380. The number of nitrogens with zero attached hydrogens (tertiary/aromatic N) is 3. The molecule has 27 heavy (non-hydrogen) atoms. The maximum Gasteiger partial charge on any atom is 0.191 e. The SMILES string of the molecule is CN=C(NCC(C)(C)N(C)C)NC1CCN(Cc2ccc(Br)cc2)CC1.I. The van der Waals surface area contributed by atoms with Crippen molar-refractivity contribution in [3.8, 4) is 0 Å². The van der Waals surface area contributed by atoms with Crippen LogP contribution in [-0.2, 0) is 6.54 Å². The molecular weight excluding hydrogens is 517 g/mol. The van der Waals surface area contributed by atoms with Gasteiger partial charge in [-0.25, -0.2) is 0 Å². The molecule has 154 valence electrons. The first-order valence-corrected chi connectivity index (χ1v) is 10.2. The molecule has 1 saturated heterocycles. The minimum absolute atomic E-state index is 0. The van der Waals surface area contributed by atoms with Crippen molar-refractivity contribution in [2.45, 2.75) is 44.8 Å². The molecule has 1 aromatic rings. The van der Waals surface area contributed by atoms with Crippen molar-refractivity contribution in [2.24, 2.45) is 4.99 Å². The maximum atomic E-state index is 4.40. The Kier molecular flexibility index (Phi) is 10.6. The van der Waals surface area contributed by atoms with Gasteiger partial charge < -0.3 is 15.5 Å². The first-order valence-electron chi connectivity index (χ1n) is 9.41. The normalized spacial score (nSPS) is 16.9. The van der Waals surface area contributed by atoms with E-state index in [0.29, 0.717) is 6.04 Å². The zero-order valence-corrected chi connectivity index (χ0v) is 21.2. The highest BCUT2D eigenvalue weighted by molar-refractivity contribution is 14.0. The minimum Gasteiger partial charge on any atom is -0.355 e. The highest BCUT2D eigenvalue weighted by Crippen LogP contribution is 2.16. The summed E-state index contributed by atoms with van der Waals surface area (Å²) in [6.45, 7) is 8.59. The van der Waals surface area contributed by atoms with Crippen LogP contribution in [0.4, 0.5) is 0 Å². The van der Waals surface area contributed by atoms with E-state index in [-0.39, 0.29) is 29.5 Å². The van der Waals surface area contributed by atoms with E-state index in [9.17, 15) is 0 Å². The molecule has 2 N–H and O–H groups in total. The topological polar surface area (TPSA) is 42.9 Å². The first kappa shape index (κ1) is 24.7. The molecule has 0 amide bonds. The summed E-state index contributed by atoms with van der Waals surface area (Å²) in [5.41, 5.74) is 1.47. The van der Waals surface area contributed by atoms with Crippen molar-refractivity contribution < 1.29 is 0 Å². The number of likely N-dealkylation sites (tertiary alicyclic amines) is 1. The van der Waals surface area contributed by atoms with Crippen LogP contribution in [-0.4, -0.2) is 68.1 Å². The van der Waals surface area contributed by atoms with Gasteiger partial charge in [0, 0.05) is 49.3 Å². The quantitative estimate of drug-likeness (QED) is 0.322. The molecule has 1 heterocycles. The molecule has 1 aromatic carbocycles. The van der Waals surface area contributed by atoms with Gasteiger partial charge in [-0.2, -0.15) is 0 Å². The lowest BCUT2D eigenvalue weighted by Gasteiger charge is -2.35. The molecule has 0 atom stereocenters. The van der Waals surface area contributed by atoms with Gasteiger partial charge in [0.25, 0.3) is 0 Å². The van der Waals surface area contributed by atoms with Gasteiger partial charge in [-0.05, 0) is 58.5 Å². The number of piperidine rings is 1. The van der Waals surface area contributed by atoms with Gasteiger partial charge in [0.2, 0.25) is 0 Å². The Bertz CT molecular complexity index is 581. The number of guanidine groups is 1. The third kappa shape index (κ3) is 8.25. The van der Waals surface area contributed by atoms with Crippen LogP contribution in [0.5, 0.6) is 0 Å². The van der Waals surface area contributed by atoms with Crippen LogP contribution in [0.2, 0.25) is 0 Å². The van der Waals surface area contributed by atoms with E-state index >= 15 is 0 Å². The summed E-state index contributed by atoms with van der Waals surface area (Å²) in [6, 6.07) is 9.13. The van der Waals surface area contributed by atoms with Gasteiger partial charge in [0.05, 0.1) is 0 Å². The van der Waals surface area contributed by atoms with E-state index in [1.165, 1.54) is 5.56 Å². The Morgan fingerprint density at radius 2 is 1.81 bits per heavy atom. The summed E-state index contributed by atoms with van der Waals surface area (Å²) in [5.74, 6) is 0.909. The van der Waals surface area contributed by atoms with Gasteiger partial charge >= 0.3 is 0 Å². The Labute approximate surface area is 190 Å². The molecule has 1 aliphatic heterocycles. The van der Waals surface area contributed by atoms with E-state index in [1.807, 2.05) is 7.05 Å². The number of rotatable bonds is 6. The smallest absolute Gasteiger partial charge is 0.191 e. The Morgan fingerprint density at radius 3 is 2.33 bits per heavy atom. The largest absolute Gasteiger partial charge is 0.355 e. The first-order chi connectivity index (χ1) is 12.3. The standard InChI is InChI=1S/C20H34BrN5.HI/c1-20(2,25(4)5)15-23-19(22-3)24-18-10-12-26(13-11-18)14-16-6-8-17(21)9-7-16;/h6-9,18H,10-15H2,1-5H3,(H2,22,23,24);1H. The van der Waals surface area contributed by atoms with Crippen LogP contribution in [0, 0.1) is 0 Å². The molecule has 2 rings (SSSR count). The van der Waals surface area contributed by atoms with Gasteiger partial charge in [0.15, 0.2) is 5.96 Å². The molecule has 0 spiro atoms. The van der Waals surface area contributed by atoms with Crippen molar-refractivity contribution in [1.82, 2.24) is 20.4 Å². The van der Waals surface area contributed by atoms with E-state index in [4.69, 9.17) is 0 Å². The fraction of sp³-hybridized carbons (Fsp3) is 0.650. The van der Waals surface area contributed by atoms with Crippen LogP contribution in [0.25, 0.3) is 0 Å². The molecule has 0 bridgehead atoms. The molecule has 1 aliphatic rings. The number of halogens is 2. The lowest BCUT2D eigenvalue weighted by molar-refractivity contribution is 0.192. The number of benzene rings is 1. The summed E-state index contributed by atoms with van der Waals surface area (Å²) < 4.78 is 1.14. The fourth-order valence-corrected chi connectivity index (χ4v) is 3.19. The molecule has 0 unspecified atom stereocenters. The lowest BCUT2D eigenvalue weighted by atomic mass is 10.0. The van der Waals surface area contributed by atoms with Crippen LogP contribution in [0.15, 0.2) is 33.7 Å². The summed E-state index contributed by atoms with van der Waals surface area (Å²) in [6.07, 6.45) is 2.29. The molecule has 5 nitrogen and oxygen atoms in total. The molecule has 0 saturated carbocycles. The number of likely N-dealkylation sites (N-methyl/N-ethyl adjacent to an activating group) is 1. The van der Waals surface area contributed by atoms with Crippen LogP contribution in [0.1, 0.15) is 32.3 Å². The second kappa shape index (κ2) is 11.6. The van der Waals surface area contributed by atoms with Crippen molar-refractivity contribution in [2.75, 3.05) is 40.8 Å². The lowest BCUT2D eigenvalue weighted by Crippen LogP contribution is -2.53. The predicted octanol–water partition coefficient (Wildman–Crippen LogP) is 3.54. The number of nitrogens with one attached hydrogen (secondary N) is 2. The zero-order valence-electron chi connectivity index (χ0n) is 17.3. The van der Waals surface area contributed by atoms with E-state index in [0.717, 1.165) is 49.5 Å². The molecule has 0 aromatic heterocycles. The second-order valence-electron chi connectivity index (χ2n) is 7.95. The van der Waals surface area contributed by atoms with Crippen LogP contribution in [0.3, 0.4) is 0 Å².